The Bertz CT molecular complexity index is 561. The zero-order chi connectivity index (χ0) is 15.5. The molecule has 0 radical (unpaired) electrons. The van der Waals surface area contributed by atoms with Crippen molar-refractivity contribution in [3.05, 3.63) is 35.4 Å². The Morgan fingerprint density at radius 3 is 1.95 bits per heavy atom. The maximum Gasteiger partial charge on any atom is 0.390 e. The summed E-state index contributed by atoms with van der Waals surface area (Å²) in [7, 11) is 0. The topological polar surface area (TPSA) is 72.9 Å². The Labute approximate surface area is 127 Å². The van der Waals surface area contributed by atoms with Crippen molar-refractivity contribution < 1.29 is 23.2 Å². The van der Waals surface area contributed by atoms with Crippen molar-refractivity contribution in [2.24, 2.45) is 0 Å². The molecule has 0 N–H and O–H groups in total. The molecule has 2 rings (SSSR count). The number of amides is 2. The molecule has 0 bridgehead atoms. The number of carbonyl (C=O) groups excluding carboxylic acids is 2. The van der Waals surface area contributed by atoms with Gasteiger partial charge in [-0.05, 0) is 37.4 Å². The van der Waals surface area contributed by atoms with E-state index in [9.17, 15) is 14.2 Å². The zero-order valence-corrected chi connectivity index (χ0v) is 13.5. The van der Waals surface area contributed by atoms with Crippen LogP contribution in [0.4, 0.5) is 0 Å². The van der Waals surface area contributed by atoms with Crippen LogP contribution in [0.5, 0.6) is 0 Å². The molecule has 0 aromatic heterocycles. The molecular formula is C13H16NO5PS. The predicted octanol–water partition coefficient (Wildman–Crippen LogP) is 3.15. The highest BCUT2D eigenvalue weighted by molar-refractivity contribution is 8.55. The van der Waals surface area contributed by atoms with Crippen LogP contribution >= 0.6 is 18.2 Å². The van der Waals surface area contributed by atoms with E-state index >= 15 is 0 Å². The lowest BCUT2D eigenvalue weighted by atomic mass is 10.1. The first-order chi connectivity index (χ1) is 10.0. The molecule has 6 nitrogen and oxygen atoms in total. The van der Waals surface area contributed by atoms with Gasteiger partial charge in [0.15, 0.2) is 0 Å². The summed E-state index contributed by atoms with van der Waals surface area (Å²) in [5.74, 6) is -0.839. The first kappa shape index (κ1) is 16.2. The lowest BCUT2D eigenvalue weighted by Crippen LogP contribution is -2.29. The van der Waals surface area contributed by atoms with Gasteiger partial charge in [-0.2, -0.15) is 0 Å². The Morgan fingerprint density at radius 2 is 1.52 bits per heavy atom. The van der Waals surface area contributed by atoms with Gasteiger partial charge in [-0.3, -0.25) is 14.5 Å². The average Bonchev–Trinajstić information content (AvgIpc) is 2.70. The molecule has 1 aliphatic rings. The van der Waals surface area contributed by atoms with Crippen LogP contribution in [0.15, 0.2) is 24.3 Å². The van der Waals surface area contributed by atoms with E-state index in [4.69, 9.17) is 9.05 Å². The number of imide groups is 1. The van der Waals surface area contributed by atoms with Gasteiger partial charge in [-0.15, -0.1) is 0 Å². The minimum Gasteiger partial charge on any atom is -0.301 e. The van der Waals surface area contributed by atoms with Crippen LogP contribution in [0.2, 0.25) is 0 Å². The number of rotatable bonds is 7. The number of carbonyl (C=O) groups is 2. The first-order valence-electron chi connectivity index (χ1n) is 6.51. The molecule has 1 aromatic rings. The SMILES string of the molecule is CCOP(=O)(OCC)SCN1C(=O)c2ccccc2C1=O. The maximum atomic E-state index is 12.3. The van der Waals surface area contributed by atoms with Gasteiger partial charge in [-0.25, -0.2) is 4.57 Å². The second-order valence-electron chi connectivity index (χ2n) is 4.12. The number of fused-ring (bicyclic) bond motifs is 1. The molecule has 0 saturated carbocycles. The van der Waals surface area contributed by atoms with Gasteiger partial charge in [0.1, 0.15) is 0 Å². The second-order valence-corrected chi connectivity index (χ2v) is 8.17. The van der Waals surface area contributed by atoms with E-state index in [1.54, 1.807) is 38.1 Å². The maximum absolute atomic E-state index is 12.3. The van der Waals surface area contributed by atoms with E-state index in [0.29, 0.717) is 11.1 Å². The van der Waals surface area contributed by atoms with Gasteiger partial charge in [0.05, 0.1) is 30.2 Å². The van der Waals surface area contributed by atoms with E-state index in [1.165, 1.54) is 0 Å². The van der Waals surface area contributed by atoms with Crippen LogP contribution in [0.1, 0.15) is 34.6 Å². The van der Waals surface area contributed by atoms with E-state index in [-0.39, 0.29) is 30.9 Å². The van der Waals surface area contributed by atoms with Crippen molar-refractivity contribution in [3.63, 3.8) is 0 Å². The summed E-state index contributed by atoms with van der Waals surface area (Å²) >= 11 is 0.844. The fraction of sp³-hybridized carbons (Fsp3) is 0.385. The molecule has 0 unspecified atom stereocenters. The summed E-state index contributed by atoms with van der Waals surface area (Å²) < 4.78 is 22.6. The highest BCUT2D eigenvalue weighted by Crippen LogP contribution is 2.60. The Morgan fingerprint density at radius 1 is 1.05 bits per heavy atom. The fourth-order valence-corrected chi connectivity index (χ4v) is 5.11. The van der Waals surface area contributed by atoms with Crippen molar-refractivity contribution in [3.8, 4) is 0 Å². The van der Waals surface area contributed by atoms with Gasteiger partial charge in [-0.1, -0.05) is 12.1 Å². The van der Waals surface area contributed by atoms with Crippen LogP contribution in [0.3, 0.4) is 0 Å². The molecule has 0 spiro atoms. The van der Waals surface area contributed by atoms with Gasteiger partial charge >= 0.3 is 6.80 Å². The third kappa shape index (κ3) is 3.37. The van der Waals surface area contributed by atoms with Crippen molar-refractivity contribution in [1.29, 1.82) is 0 Å². The summed E-state index contributed by atoms with van der Waals surface area (Å²) in [5.41, 5.74) is 0.733. The summed E-state index contributed by atoms with van der Waals surface area (Å²) in [5, 5.41) is 0. The summed E-state index contributed by atoms with van der Waals surface area (Å²) in [6.45, 7) is 0.513. The van der Waals surface area contributed by atoms with E-state index in [0.717, 1.165) is 16.3 Å². The lowest BCUT2D eigenvalue weighted by Gasteiger charge is -2.19. The number of hydrogen-bond donors (Lipinski definition) is 0. The second kappa shape index (κ2) is 6.75. The fourth-order valence-electron chi connectivity index (χ4n) is 1.91. The Hall–Kier alpha value is -1.14. The van der Waals surface area contributed by atoms with Gasteiger partial charge in [0.2, 0.25) is 0 Å². The van der Waals surface area contributed by atoms with Gasteiger partial charge < -0.3 is 9.05 Å². The minimum atomic E-state index is -3.35. The molecule has 0 saturated heterocycles. The van der Waals surface area contributed by atoms with Crippen molar-refractivity contribution >= 4 is 30.0 Å². The van der Waals surface area contributed by atoms with Gasteiger partial charge in [0, 0.05) is 0 Å². The normalized spacial score (nSPS) is 14.7. The molecule has 8 heteroatoms. The van der Waals surface area contributed by atoms with E-state index in [1.807, 2.05) is 0 Å². The molecule has 114 valence electrons. The summed E-state index contributed by atoms with van der Waals surface area (Å²) in [6, 6.07) is 6.60. The average molecular weight is 329 g/mol. The van der Waals surface area contributed by atoms with Crippen LogP contribution in [0, 0.1) is 0 Å². The van der Waals surface area contributed by atoms with Crippen LogP contribution in [0.25, 0.3) is 0 Å². The molecule has 1 heterocycles. The van der Waals surface area contributed by atoms with Gasteiger partial charge in [0.25, 0.3) is 11.8 Å². The molecule has 2 amide bonds. The summed E-state index contributed by atoms with van der Waals surface area (Å²) in [4.78, 5) is 25.4. The molecule has 1 aliphatic heterocycles. The molecular weight excluding hydrogens is 313 g/mol. The summed E-state index contributed by atoms with van der Waals surface area (Å²) in [6.07, 6.45) is 0. The number of hydrogen-bond acceptors (Lipinski definition) is 6. The van der Waals surface area contributed by atoms with E-state index in [2.05, 4.69) is 0 Å². The standard InChI is InChI=1S/C13H16NO5PS/c1-3-18-20(17,19-4-2)21-9-14-12(15)10-7-5-6-8-11(10)13(14)16/h5-8H,3-4,9H2,1-2H3. The first-order valence-corrected chi connectivity index (χ1v) is 9.64. The molecule has 0 atom stereocenters. The van der Waals surface area contributed by atoms with Crippen molar-refractivity contribution in [2.45, 2.75) is 13.8 Å². The number of benzene rings is 1. The number of nitrogens with zero attached hydrogens (tertiary/aromatic N) is 1. The monoisotopic (exact) mass is 329 g/mol. The molecule has 0 aliphatic carbocycles. The van der Waals surface area contributed by atoms with Crippen LogP contribution in [-0.4, -0.2) is 35.8 Å². The molecule has 1 aromatic carbocycles. The van der Waals surface area contributed by atoms with Crippen molar-refractivity contribution in [2.75, 3.05) is 19.1 Å². The highest BCUT2D eigenvalue weighted by atomic mass is 32.7. The quantitative estimate of drug-likeness (QED) is 0.565. The largest absolute Gasteiger partial charge is 0.390 e. The Balaban J connectivity index is 2.10. The third-order valence-corrected chi connectivity index (χ3v) is 6.56. The molecule has 0 fully saturated rings. The third-order valence-electron chi connectivity index (χ3n) is 2.80. The molecule has 21 heavy (non-hydrogen) atoms. The lowest BCUT2D eigenvalue weighted by molar-refractivity contribution is 0.0684. The minimum absolute atomic E-state index is 0.0658. The zero-order valence-electron chi connectivity index (χ0n) is 11.8. The van der Waals surface area contributed by atoms with Crippen LogP contribution in [-0.2, 0) is 13.6 Å². The Kier molecular flexibility index (Phi) is 5.22. The predicted molar refractivity (Wildman–Crippen MR) is 80.3 cm³/mol. The van der Waals surface area contributed by atoms with Crippen LogP contribution < -0.4 is 0 Å². The highest BCUT2D eigenvalue weighted by Gasteiger charge is 2.37. The van der Waals surface area contributed by atoms with Crippen molar-refractivity contribution in [1.82, 2.24) is 4.90 Å². The smallest absolute Gasteiger partial charge is 0.301 e. The van der Waals surface area contributed by atoms with E-state index < -0.39 is 6.80 Å².